The average molecular weight is 319 g/mol. The molecule has 0 spiro atoms. The summed E-state index contributed by atoms with van der Waals surface area (Å²) in [6, 6.07) is 0. The van der Waals surface area contributed by atoms with Gasteiger partial charge in [0.25, 0.3) is 0 Å². The maximum absolute atomic E-state index is 12.0. The normalized spacial score (nSPS) is 21.7. The molecule has 118 valence electrons. The van der Waals surface area contributed by atoms with Crippen molar-refractivity contribution in [2.24, 2.45) is 0 Å². The minimum absolute atomic E-state index is 0.00172. The van der Waals surface area contributed by atoms with Crippen molar-refractivity contribution in [2.75, 3.05) is 32.6 Å². The van der Waals surface area contributed by atoms with E-state index < -0.39 is 46.9 Å². The largest absolute Gasteiger partial charge is 0.467 e. The summed E-state index contributed by atoms with van der Waals surface area (Å²) >= 11 is 0. The Bertz CT molecular complexity index is 437. The standard InChI is InChI=1S/C10H16F3NO5S/c1-18-9(15)8-7-14(4-5-19-8)20(16,17)6-2-3-10(11,12)13/h8H,2-7H2,1H3. The first-order valence-electron chi connectivity index (χ1n) is 5.90. The Balaban J connectivity index is 2.56. The second kappa shape index (κ2) is 6.72. The molecule has 0 aromatic heterocycles. The zero-order chi connectivity index (χ0) is 15.4. The number of alkyl halides is 3. The van der Waals surface area contributed by atoms with Crippen molar-refractivity contribution in [3.8, 4) is 0 Å². The Morgan fingerprint density at radius 1 is 1.45 bits per heavy atom. The van der Waals surface area contributed by atoms with Gasteiger partial charge in [-0.15, -0.1) is 0 Å². The Morgan fingerprint density at radius 3 is 2.65 bits per heavy atom. The minimum Gasteiger partial charge on any atom is -0.467 e. The van der Waals surface area contributed by atoms with Gasteiger partial charge >= 0.3 is 12.1 Å². The fraction of sp³-hybridized carbons (Fsp3) is 0.900. The van der Waals surface area contributed by atoms with Crippen LogP contribution in [0.25, 0.3) is 0 Å². The summed E-state index contributed by atoms with van der Waals surface area (Å²) in [5.74, 6) is -1.32. The van der Waals surface area contributed by atoms with Crippen molar-refractivity contribution in [3.05, 3.63) is 0 Å². The molecule has 10 heteroatoms. The van der Waals surface area contributed by atoms with Crippen molar-refractivity contribution in [1.29, 1.82) is 0 Å². The molecule has 0 radical (unpaired) electrons. The lowest BCUT2D eigenvalue weighted by atomic mass is 10.3. The van der Waals surface area contributed by atoms with Gasteiger partial charge in [0.1, 0.15) is 0 Å². The van der Waals surface area contributed by atoms with Crippen LogP contribution in [0.4, 0.5) is 13.2 Å². The van der Waals surface area contributed by atoms with E-state index in [-0.39, 0.29) is 19.7 Å². The molecule has 1 rings (SSSR count). The monoisotopic (exact) mass is 319 g/mol. The van der Waals surface area contributed by atoms with E-state index in [1.54, 1.807) is 0 Å². The van der Waals surface area contributed by atoms with E-state index in [0.717, 1.165) is 11.4 Å². The first kappa shape index (κ1) is 17.2. The van der Waals surface area contributed by atoms with Gasteiger partial charge in [0, 0.05) is 13.0 Å². The Labute approximate surface area is 114 Å². The first-order chi connectivity index (χ1) is 9.15. The molecule has 1 aliphatic rings. The smallest absolute Gasteiger partial charge is 0.389 e. The Morgan fingerprint density at radius 2 is 2.10 bits per heavy atom. The SMILES string of the molecule is COC(=O)C1CN(S(=O)(=O)CCCC(F)(F)F)CCO1. The molecule has 1 heterocycles. The third kappa shape index (κ3) is 5.25. The number of esters is 1. The van der Waals surface area contributed by atoms with Gasteiger partial charge in [0.15, 0.2) is 6.10 Å². The lowest BCUT2D eigenvalue weighted by Crippen LogP contribution is -2.49. The van der Waals surface area contributed by atoms with Crippen LogP contribution >= 0.6 is 0 Å². The summed E-state index contributed by atoms with van der Waals surface area (Å²) in [6.45, 7) is -0.221. The Kier molecular flexibility index (Phi) is 5.78. The predicted molar refractivity (Wildman–Crippen MR) is 62.4 cm³/mol. The fourth-order valence-electron chi connectivity index (χ4n) is 1.74. The molecule has 0 N–H and O–H groups in total. The zero-order valence-corrected chi connectivity index (χ0v) is 11.7. The van der Waals surface area contributed by atoms with Crippen molar-refractivity contribution >= 4 is 16.0 Å². The van der Waals surface area contributed by atoms with Crippen LogP contribution in [0.5, 0.6) is 0 Å². The molecule has 0 amide bonds. The van der Waals surface area contributed by atoms with Crippen LogP contribution in [-0.4, -0.2) is 63.5 Å². The van der Waals surface area contributed by atoms with E-state index in [2.05, 4.69) is 4.74 Å². The van der Waals surface area contributed by atoms with Gasteiger partial charge in [-0.25, -0.2) is 13.2 Å². The number of morpholine rings is 1. The molecule has 1 fully saturated rings. The van der Waals surface area contributed by atoms with Gasteiger partial charge in [-0.05, 0) is 6.42 Å². The number of methoxy groups -OCH3 is 1. The number of hydrogen-bond donors (Lipinski definition) is 0. The molecule has 1 aliphatic heterocycles. The van der Waals surface area contributed by atoms with Crippen molar-refractivity contribution in [2.45, 2.75) is 25.1 Å². The summed E-state index contributed by atoms with van der Waals surface area (Å²) in [4.78, 5) is 11.3. The highest BCUT2D eigenvalue weighted by Gasteiger charge is 2.34. The molecule has 20 heavy (non-hydrogen) atoms. The quantitative estimate of drug-likeness (QED) is 0.691. The van der Waals surface area contributed by atoms with Crippen LogP contribution in [-0.2, 0) is 24.3 Å². The van der Waals surface area contributed by atoms with Gasteiger partial charge in [0.05, 0.1) is 26.0 Å². The molecule has 1 atom stereocenters. The zero-order valence-electron chi connectivity index (χ0n) is 10.9. The molecule has 0 aliphatic carbocycles. The average Bonchev–Trinajstić information content (AvgIpc) is 2.36. The van der Waals surface area contributed by atoms with E-state index in [4.69, 9.17) is 4.74 Å². The van der Waals surface area contributed by atoms with Gasteiger partial charge in [-0.3, -0.25) is 0 Å². The molecule has 0 bridgehead atoms. The highest BCUT2D eigenvalue weighted by Crippen LogP contribution is 2.22. The number of hydrogen-bond acceptors (Lipinski definition) is 5. The first-order valence-corrected chi connectivity index (χ1v) is 7.50. The third-order valence-corrected chi connectivity index (χ3v) is 4.67. The molecule has 6 nitrogen and oxygen atoms in total. The molecular formula is C10H16F3NO5S. The number of carbonyl (C=O) groups is 1. The van der Waals surface area contributed by atoms with Crippen LogP contribution in [0, 0.1) is 0 Å². The fourth-order valence-corrected chi connectivity index (χ4v) is 3.22. The van der Waals surface area contributed by atoms with Crippen molar-refractivity contribution < 1.29 is 35.9 Å². The molecule has 0 saturated carbocycles. The topological polar surface area (TPSA) is 72.9 Å². The van der Waals surface area contributed by atoms with Gasteiger partial charge in [-0.2, -0.15) is 17.5 Å². The second-order valence-electron chi connectivity index (χ2n) is 4.28. The van der Waals surface area contributed by atoms with Gasteiger partial charge in [0.2, 0.25) is 10.0 Å². The lowest BCUT2D eigenvalue weighted by Gasteiger charge is -2.30. The Hall–Kier alpha value is -0.870. The second-order valence-corrected chi connectivity index (χ2v) is 6.36. The van der Waals surface area contributed by atoms with Crippen molar-refractivity contribution in [3.63, 3.8) is 0 Å². The van der Waals surface area contributed by atoms with Crippen LogP contribution in [0.2, 0.25) is 0 Å². The van der Waals surface area contributed by atoms with E-state index in [9.17, 15) is 26.4 Å². The molecule has 1 unspecified atom stereocenters. The van der Waals surface area contributed by atoms with E-state index in [1.165, 1.54) is 0 Å². The van der Waals surface area contributed by atoms with Crippen molar-refractivity contribution in [1.82, 2.24) is 4.31 Å². The highest BCUT2D eigenvalue weighted by molar-refractivity contribution is 7.89. The van der Waals surface area contributed by atoms with E-state index >= 15 is 0 Å². The lowest BCUT2D eigenvalue weighted by molar-refractivity contribution is -0.157. The van der Waals surface area contributed by atoms with E-state index in [1.807, 2.05) is 0 Å². The number of sulfonamides is 1. The number of halogens is 3. The maximum Gasteiger partial charge on any atom is 0.389 e. The van der Waals surface area contributed by atoms with Crippen LogP contribution in [0.15, 0.2) is 0 Å². The molecule has 0 aromatic rings. The maximum atomic E-state index is 12.0. The number of carbonyl (C=O) groups excluding carboxylic acids is 1. The van der Waals surface area contributed by atoms with Crippen LogP contribution in [0.1, 0.15) is 12.8 Å². The molecular weight excluding hydrogens is 303 g/mol. The summed E-state index contributed by atoms with van der Waals surface area (Å²) in [5, 5.41) is 0. The van der Waals surface area contributed by atoms with E-state index in [0.29, 0.717) is 0 Å². The van der Waals surface area contributed by atoms with Gasteiger partial charge < -0.3 is 9.47 Å². The van der Waals surface area contributed by atoms with Crippen LogP contribution < -0.4 is 0 Å². The summed E-state index contributed by atoms with van der Waals surface area (Å²) < 4.78 is 70.2. The summed E-state index contributed by atoms with van der Waals surface area (Å²) in [7, 11) is -2.69. The minimum atomic E-state index is -4.38. The summed E-state index contributed by atoms with van der Waals surface area (Å²) in [5.41, 5.74) is 0. The number of nitrogens with zero attached hydrogens (tertiary/aromatic N) is 1. The molecule has 0 aromatic carbocycles. The highest BCUT2D eigenvalue weighted by atomic mass is 32.2. The summed E-state index contributed by atoms with van der Waals surface area (Å²) in [6.07, 6.45) is -7.08. The van der Waals surface area contributed by atoms with Crippen LogP contribution in [0.3, 0.4) is 0 Å². The number of ether oxygens (including phenoxy) is 2. The van der Waals surface area contributed by atoms with Gasteiger partial charge in [-0.1, -0.05) is 0 Å². The predicted octanol–water partition coefficient (Wildman–Crippen LogP) is 0.532. The molecule has 1 saturated heterocycles. The number of rotatable bonds is 5. The third-order valence-electron chi connectivity index (χ3n) is 2.75.